The second-order valence-electron chi connectivity index (χ2n) is 3.99. The Kier molecular flexibility index (Phi) is 3.29. The average molecular weight is 169 g/mol. The van der Waals surface area contributed by atoms with Crippen molar-refractivity contribution < 1.29 is 5.11 Å². The first-order chi connectivity index (χ1) is 5.61. The van der Waals surface area contributed by atoms with Gasteiger partial charge in [-0.15, -0.1) is 0 Å². The zero-order chi connectivity index (χ0) is 9.14. The van der Waals surface area contributed by atoms with Crippen molar-refractivity contribution >= 4 is 0 Å². The number of aliphatic hydroxyl groups is 1. The van der Waals surface area contributed by atoms with Crippen LogP contribution in [0.5, 0.6) is 0 Å². The number of rotatable bonds is 2. The van der Waals surface area contributed by atoms with Crippen molar-refractivity contribution in [2.45, 2.75) is 38.8 Å². The van der Waals surface area contributed by atoms with Gasteiger partial charge in [-0.05, 0) is 31.6 Å². The van der Waals surface area contributed by atoms with E-state index in [1.54, 1.807) is 0 Å². The molecule has 0 amide bonds. The molecule has 3 N–H and O–H groups in total. The van der Waals surface area contributed by atoms with Gasteiger partial charge in [0.05, 0.1) is 6.10 Å². The van der Waals surface area contributed by atoms with Gasteiger partial charge in [0.15, 0.2) is 0 Å². The molecule has 1 aliphatic carbocycles. The zero-order valence-corrected chi connectivity index (χ0v) is 7.90. The summed E-state index contributed by atoms with van der Waals surface area (Å²) in [7, 11) is 0. The fourth-order valence-corrected chi connectivity index (χ4v) is 1.85. The van der Waals surface area contributed by atoms with E-state index < -0.39 is 0 Å². The van der Waals surface area contributed by atoms with Gasteiger partial charge in [0, 0.05) is 6.04 Å². The largest absolute Gasteiger partial charge is 0.391 e. The summed E-state index contributed by atoms with van der Waals surface area (Å²) >= 11 is 0. The third kappa shape index (κ3) is 2.32. The van der Waals surface area contributed by atoms with Gasteiger partial charge in [-0.25, -0.2) is 0 Å². The Morgan fingerprint density at radius 2 is 2.25 bits per heavy atom. The van der Waals surface area contributed by atoms with Crippen molar-refractivity contribution in [3.63, 3.8) is 0 Å². The first-order valence-corrected chi connectivity index (χ1v) is 4.71. The predicted molar refractivity (Wildman–Crippen MR) is 50.7 cm³/mol. The van der Waals surface area contributed by atoms with Gasteiger partial charge in [-0.3, -0.25) is 0 Å². The van der Waals surface area contributed by atoms with E-state index >= 15 is 0 Å². The molecule has 1 aliphatic rings. The third-order valence-corrected chi connectivity index (χ3v) is 2.60. The first-order valence-electron chi connectivity index (χ1n) is 4.71. The van der Waals surface area contributed by atoms with Crippen LogP contribution in [0.15, 0.2) is 12.2 Å². The Morgan fingerprint density at radius 1 is 1.58 bits per heavy atom. The van der Waals surface area contributed by atoms with Crippen LogP contribution in [0.2, 0.25) is 0 Å². The van der Waals surface area contributed by atoms with Crippen LogP contribution < -0.4 is 5.73 Å². The molecule has 12 heavy (non-hydrogen) atoms. The lowest BCUT2D eigenvalue weighted by Crippen LogP contribution is -2.38. The number of nitrogens with two attached hydrogens (primary N) is 1. The Hall–Kier alpha value is -0.340. The normalized spacial score (nSPS) is 34.7. The molecular weight excluding hydrogens is 150 g/mol. The van der Waals surface area contributed by atoms with Crippen LogP contribution in [0.3, 0.4) is 0 Å². The molecule has 0 bridgehead atoms. The van der Waals surface area contributed by atoms with Gasteiger partial charge in [0.2, 0.25) is 0 Å². The summed E-state index contributed by atoms with van der Waals surface area (Å²) in [6.07, 6.45) is 6.08. The molecule has 0 aromatic heterocycles. The Morgan fingerprint density at radius 3 is 2.75 bits per heavy atom. The summed E-state index contributed by atoms with van der Waals surface area (Å²) in [5.74, 6) is 0.960. The molecule has 70 valence electrons. The van der Waals surface area contributed by atoms with Gasteiger partial charge in [0.1, 0.15) is 0 Å². The maximum Gasteiger partial charge on any atom is 0.0719 e. The molecule has 1 rings (SSSR count). The van der Waals surface area contributed by atoms with E-state index in [2.05, 4.69) is 19.1 Å². The quantitative estimate of drug-likeness (QED) is 0.612. The second-order valence-corrected chi connectivity index (χ2v) is 3.99. The summed E-state index contributed by atoms with van der Waals surface area (Å²) in [6, 6.07) is -0.103. The van der Waals surface area contributed by atoms with E-state index in [0.717, 1.165) is 12.8 Å². The molecule has 4 atom stereocenters. The van der Waals surface area contributed by atoms with Crippen molar-refractivity contribution in [1.82, 2.24) is 0 Å². The summed E-state index contributed by atoms with van der Waals surface area (Å²) in [5.41, 5.74) is 5.64. The van der Waals surface area contributed by atoms with E-state index in [1.807, 2.05) is 6.92 Å². The zero-order valence-electron chi connectivity index (χ0n) is 7.90. The van der Waals surface area contributed by atoms with Gasteiger partial charge in [-0.2, -0.15) is 0 Å². The second kappa shape index (κ2) is 4.06. The lowest BCUT2D eigenvalue weighted by molar-refractivity contribution is 0.0762. The van der Waals surface area contributed by atoms with Crippen molar-refractivity contribution in [1.29, 1.82) is 0 Å². The Labute approximate surface area is 74.5 Å². The minimum atomic E-state index is -0.336. The lowest BCUT2D eigenvalue weighted by atomic mass is 9.82. The molecule has 0 spiro atoms. The highest BCUT2D eigenvalue weighted by Crippen LogP contribution is 2.26. The van der Waals surface area contributed by atoms with Gasteiger partial charge in [-0.1, -0.05) is 19.1 Å². The smallest absolute Gasteiger partial charge is 0.0719 e. The molecular formula is C10H19NO. The molecule has 0 saturated carbocycles. The van der Waals surface area contributed by atoms with E-state index in [4.69, 9.17) is 5.73 Å². The van der Waals surface area contributed by atoms with E-state index in [0.29, 0.717) is 11.8 Å². The molecule has 2 heteroatoms. The summed E-state index contributed by atoms with van der Waals surface area (Å²) in [5, 5.41) is 9.71. The molecule has 0 heterocycles. The standard InChI is InChI=1S/C10H19NO/c1-7-4-3-5-9(6-7)10(12)8(2)11/h3-4,7-10,12H,5-6,11H2,1-2H3. The summed E-state index contributed by atoms with van der Waals surface area (Å²) in [6.45, 7) is 4.05. The Balaban J connectivity index is 2.48. The minimum Gasteiger partial charge on any atom is -0.391 e. The fourth-order valence-electron chi connectivity index (χ4n) is 1.85. The molecule has 0 aromatic rings. The molecule has 0 radical (unpaired) electrons. The SMILES string of the molecule is CC1C=CCC(C(O)C(C)N)C1. The number of hydrogen-bond donors (Lipinski definition) is 2. The maximum atomic E-state index is 9.71. The van der Waals surface area contributed by atoms with Crippen LogP contribution >= 0.6 is 0 Å². The number of hydrogen-bond acceptors (Lipinski definition) is 2. The Bertz CT molecular complexity index is 165. The fraction of sp³-hybridized carbons (Fsp3) is 0.800. The van der Waals surface area contributed by atoms with Crippen LogP contribution in [0.4, 0.5) is 0 Å². The summed E-state index contributed by atoms with van der Waals surface area (Å²) in [4.78, 5) is 0. The van der Waals surface area contributed by atoms with Crippen molar-refractivity contribution in [3.8, 4) is 0 Å². The molecule has 4 unspecified atom stereocenters. The van der Waals surface area contributed by atoms with Gasteiger partial charge >= 0.3 is 0 Å². The topological polar surface area (TPSA) is 46.2 Å². The van der Waals surface area contributed by atoms with E-state index in [9.17, 15) is 5.11 Å². The predicted octanol–water partition coefficient (Wildman–Crippen LogP) is 1.30. The van der Waals surface area contributed by atoms with Gasteiger partial charge < -0.3 is 10.8 Å². The molecule has 0 saturated heterocycles. The highest BCUT2D eigenvalue weighted by molar-refractivity contribution is 4.97. The average Bonchev–Trinajstić information content (AvgIpc) is 2.03. The number of aliphatic hydroxyl groups excluding tert-OH is 1. The van der Waals surface area contributed by atoms with Crippen molar-refractivity contribution in [2.75, 3.05) is 0 Å². The van der Waals surface area contributed by atoms with Gasteiger partial charge in [0.25, 0.3) is 0 Å². The van der Waals surface area contributed by atoms with Crippen LogP contribution in [0.25, 0.3) is 0 Å². The molecule has 2 nitrogen and oxygen atoms in total. The summed E-state index contributed by atoms with van der Waals surface area (Å²) < 4.78 is 0. The van der Waals surface area contributed by atoms with Crippen LogP contribution in [-0.2, 0) is 0 Å². The molecule has 0 fully saturated rings. The van der Waals surface area contributed by atoms with E-state index in [1.165, 1.54) is 0 Å². The highest BCUT2D eigenvalue weighted by Gasteiger charge is 2.24. The maximum absolute atomic E-state index is 9.71. The first kappa shape index (κ1) is 9.75. The van der Waals surface area contributed by atoms with Crippen molar-refractivity contribution in [2.24, 2.45) is 17.6 Å². The molecule has 0 aromatic carbocycles. The van der Waals surface area contributed by atoms with Crippen LogP contribution in [0, 0.1) is 11.8 Å². The van der Waals surface area contributed by atoms with Crippen LogP contribution in [0.1, 0.15) is 26.7 Å². The van der Waals surface area contributed by atoms with Crippen molar-refractivity contribution in [3.05, 3.63) is 12.2 Å². The lowest BCUT2D eigenvalue weighted by Gasteiger charge is -2.28. The molecule has 0 aliphatic heterocycles. The van der Waals surface area contributed by atoms with Crippen LogP contribution in [-0.4, -0.2) is 17.3 Å². The highest BCUT2D eigenvalue weighted by atomic mass is 16.3. The third-order valence-electron chi connectivity index (χ3n) is 2.60. The minimum absolute atomic E-state index is 0.103. The monoisotopic (exact) mass is 169 g/mol. The number of allylic oxidation sites excluding steroid dienone is 2. The van der Waals surface area contributed by atoms with E-state index in [-0.39, 0.29) is 12.1 Å².